The van der Waals surface area contributed by atoms with E-state index in [4.69, 9.17) is 9.97 Å². The largest absolute Gasteiger partial charge is 0.278 e. The summed E-state index contributed by atoms with van der Waals surface area (Å²) in [4.78, 5) is 10.7. The van der Waals surface area contributed by atoms with Gasteiger partial charge in [0.2, 0.25) is 5.95 Å². The van der Waals surface area contributed by atoms with E-state index < -0.39 is 0 Å². The van der Waals surface area contributed by atoms with Gasteiger partial charge in [0.1, 0.15) is 0 Å². The molecule has 0 aliphatic heterocycles. The van der Waals surface area contributed by atoms with Crippen LogP contribution in [0.25, 0.3) is 104 Å². The molecule has 2 aromatic heterocycles. The van der Waals surface area contributed by atoms with Crippen LogP contribution in [0.4, 0.5) is 0 Å². The molecule has 11 aromatic rings. The third-order valence-corrected chi connectivity index (χ3v) is 10.7. The lowest BCUT2D eigenvalue weighted by molar-refractivity contribution is 0.996. The van der Waals surface area contributed by atoms with Crippen molar-refractivity contribution in [3.8, 4) is 39.6 Å². The molecule has 53 heavy (non-hydrogen) atoms. The van der Waals surface area contributed by atoms with Gasteiger partial charge in [-0.1, -0.05) is 146 Å². The minimum atomic E-state index is 0.646. The predicted octanol–water partition coefficient (Wildman–Crippen LogP) is 13.2. The van der Waals surface area contributed by atoms with Crippen LogP contribution in [0.15, 0.2) is 188 Å². The van der Waals surface area contributed by atoms with E-state index in [-0.39, 0.29) is 0 Å². The summed E-state index contributed by atoms with van der Waals surface area (Å²) < 4.78 is 2.27. The van der Waals surface area contributed by atoms with Gasteiger partial charge in [-0.15, -0.1) is 0 Å². The first-order chi connectivity index (χ1) is 26.3. The Hall–Kier alpha value is -7.10. The summed E-state index contributed by atoms with van der Waals surface area (Å²) >= 11 is 0. The lowest BCUT2D eigenvalue weighted by Gasteiger charge is -2.14. The zero-order valence-electron chi connectivity index (χ0n) is 28.7. The van der Waals surface area contributed by atoms with Crippen LogP contribution >= 0.6 is 0 Å². The minimum absolute atomic E-state index is 0.646. The molecule has 3 heteroatoms. The molecule has 3 nitrogen and oxygen atoms in total. The highest BCUT2D eigenvalue weighted by atomic mass is 15.2. The Balaban J connectivity index is 1.24. The van der Waals surface area contributed by atoms with Gasteiger partial charge in [0.15, 0.2) is 0 Å². The third kappa shape index (κ3) is 4.75. The molecule has 2 heterocycles. The first-order valence-electron chi connectivity index (χ1n) is 18.1. The number of aromatic nitrogens is 3. The van der Waals surface area contributed by atoms with Gasteiger partial charge in [-0.25, -0.2) is 9.97 Å². The predicted molar refractivity (Wildman–Crippen MR) is 223 cm³/mol. The van der Waals surface area contributed by atoms with Gasteiger partial charge in [0.05, 0.1) is 22.4 Å². The normalized spacial score (nSPS) is 11.8. The van der Waals surface area contributed by atoms with Crippen LogP contribution in [-0.2, 0) is 0 Å². The van der Waals surface area contributed by atoms with Crippen molar-refractivity contribution in [3.63, 3.8) is 0 Å². The second-order valence-electron chi connectivity index (χ2n) is 13.8. The van der Waals surface area contributed by atoms with Gasteiger partial charge in [-0.2, -0.15) is 0 Å². The van der Waals surface area contributed by atoms with Crippen LogP contribution < -0.4 is 0 Å². The monoisotopic (exact) mass is 673 g/mol. The van der Waals surface area contributed by atoms with Crippen molar-refractivity contribution >= 4 is 64.9 Å². The molecular weight excluding hydrogens is 643 g/mol. The minimum Gasteiger partial charge on any atom is -0.278 e. The number of para-hydroxylation sites is 1. The molecule has 0 bridgehead atoms. The van der Waals surface area contributed by atoms with E-state index >= 15 is 0 Å². The third-order valence-electron chi connectivity index (χ3n) is 10.7. The standard InChI is InChI=1S/C50H31N3/c1-3-14-32(15-4-1)34-20-13-21-37(26-34)47-31-46(33-16-5-2-6-17-33)51-50(52-47)53-48-25-12-11-24-40(48)45-29-43-39-23-10-9-22-38(39)41-27-35-18-7-8-19-36(35)28-42(41)44(43)30-49(45)53/h1-31H. The Morgan fingerprint density at radius 1 is 0.283 bits per heavy atom. The topological polar surface area (TPSA) is 30.7 Å². The summed E-state index contributed by atoms with van der Waals surface area (Å²) in [6, 6.07) is 67.4. The number of nitrogens with zero attached hydrogens (tertiary/aromatic N) is 3. The fourth-order valence-electron chi connectivity index (χ4n) is 8.24. The van der Waals surface area contributed by atoms with E-state index in [0.29, 0.717) is 5.95 Å². The highest BCUT2D eigenvalue weighted by Crippen LogP contribution is 2.42. The second-order valence-corrected chi connectivity index (χ2v) is 13.8. The molecule has 0 aliphatic carbocycles. The van der Waals surface area contributed by atoms with Crippen molar-refractivity contribution in [1.29, 1.82) is 0 Å². The Bertz CT molecular complexity index is 3210. The molecule has 0 amide bonds. The summed E-state index contributed by atoms with van der Waals surface area (Å²) in [5, 5.41) is 12.3. The number of benzene rings is 9. The molecule has 0 fully saturated rings. The van der Waals surface area contributed by atoms with Crippen molar-refractivity contribution in [2.75, 3.05) is 0 Å². The van der Waals surface area contributed by atoms with Crippen LogP contribution in [0.5, 0.6) is 0 Å². The first-order valence-corrected chi connectivity index (χ1v) is 18.1. The molecular formula is C50H31N3. The van der Waals surface area contributed by atoms with Crippen LogP contribution in [0.2, 0.25) is 0 Å². The molecule has 0 atom stereocenters. The highest BCUT2D eigenvalue weighted by Gasteiger charge is 2.20. The van der Waals surface area contributed by atoms with E-state index in [0.717, 1.165) is 39.1 Å². The quantitative estimate of drug-likeness (QED) is 0.137. The Morgan fingerprint density at radius 3 is 1.51 bits per heavy atom. The lowest BCUT2D eigenvalue weighted by atomic mass is 9.91. The molecule has 0 radical (unpaired) electrons. The molecule has 0 N–H and O–H groups in total. The first kappa shape index (κ1) is 29.6. The van der Waals surface area contributed by atoms with E-state index in [2.05, 4.69) is 187 Å². The maximum atomic E-state index is 5.39. The van der Waals surface area contributed by atoms with E-state index in [1.54, 1.807) is 0 Å². The fourth-order valence-corrected chi connectivity index (χ4v) is 8.24. The van der Waals surface area contributed by atoms with Gasteiger partial charge in [-0.3, -0.25) is 4.57 Å². The average molecular weight is 674 g/mol. The van der Waals surface area contributed by atoms with Gasteiger partial charge in [0, 0.05) is 21.9 Å². The summed E-state index contributed by atoms with van der Waals surface area (Å²) in [7, 11) is 0. The molecule has 11 rings (SSSR count). The Morgan fingerprint density at radius 2 is 0.792 bits per heavy atom. The number of hydrogen-bond donors (Lipinski definition) is 0. The van der Waals surface area contributed by atoms with E-state index in [9.17, 15) is 0 Å². The Kier molecular flexibility index (Phi) is 6.55. The van der Waals surface area contributed by atoms with E-state index in [1.807, 2.05) is 6.07 Å². The summed E-state index contributed by atoms with van der Waals surface area (Å²) in [5.41, 5.74) is 8.33. The fraction of sp³-hybridized carbons (Fsp3) is 0. The van der Waals surface area contributed by atoms with Gasteiger partial charge in [-0.05, 0) is 96.7 Å². The average Bonchev–Trinajstić information content (AvgIpc) is 3.56. The van der Waals surface area contributed by atoms with Crippen LogP contribution in [0, 0.1) is 0 Å². The molecule has 246 valence electrons. The maximum Gasteiger partial charge on any atom is 0.235 e. The summed E-state index contributed by atoms with van der Waals surface area (Å²) in [6.45, 7) is 0. The van der Waals surface area contributed by atoms with Gasteiger partial charge >= 0.3 is 0 Å². The Labute approximate surface area is 306 Å². The van der Waals surface area contributed by atoms with Crippen molar-refractivity contribution in [2.24, 2.45) is 0 Å². The maximum absolute atomic E-state index is 5.39. The zero-order chi connectivity index (χ0) is 34.9. The number of rotatable bonds is 4. The van der Waals surface area contributed by atoms with Crippen LogP contribution in [0.1, 0.15) is 0 Å². The summed E-state index contributed by atoms with van der Waals surface area (Å²) in [5.74, 6) is 0.646. The molecule has 9 aromatic carbocycles. The number of hydrogen-bond acceptors (Lipinski definition) is 2. The van der Waals surface area contributed by atoms with Gasteiger partial charge < -0.3 is 0 Å². The zero-order valence-corrected chi connectivity index (χ0v) is 28.7. The SMILES string of the molecule is c1ccc(-c2cccc(-c3cc(-c4ccccc4)nc(-n4c5ccccc5c5cc6c7ccccc7c7cc8ccccc8cc7c6cc54)n3)c2)cc1. The smallest absolute Gasteiger partial charge is 0.235 e. The number of fused-ring (bicyclic) bond motifs is 10. The van der Waals surface area contributed by atoms with Crippen LogP contribution in [-0.4, -0.2) is 14.5 Å². The van der Waals surface area contributed by atoms with Crippen molar-refractivity contribution in [3.05, 3.63) is 188 Å². The highest BCUT2D eigenvalue weighted by molar-refractivity contribution is 6.30. The molecule has 0 aliphatic rings. The van der Waals surface area contributed by atoms with Crippen molar-refractivity contribution in [1.82, 2.24) is 14.5 Å². The van der Waals surface area contributed by atoms with Crippen molar-refractivity contribution < 1.29 is 0 Å². The molecule has 0 saturated carbocycles. The van der Waals surface area contributed by atoms with Crippen molar-refractivity contribution in [2.45, 2.75) is 0 Å². The molecule has 0 unspecified atom stereocenters. The van der Waals surface area contributed by atoms with E-state index in [1.165, 1.54) is 59.4 Å². The summed E-state index contributed by atoms with van der Waals surface area (Å²) in [6.07, 6.45) is 0. The molecule has 0 spiro atoms. The molecule has 0 saturated heterocycles. The lowest BCUT2D eigenvalue weighted by Crippen LogP contribution is -2.04. The second kappa shape index (κ2) is 11.7. The van der Waals surface area contributed by atoms with Gasteiger partial charge in [0.25, 0.3) is 0 Å². The van der Waals surface area contributed by atoms with Crippen LogP contribution in [0.3, 0.4) is 0 Å².